The van der Waals surface area contributed by atoms with E-state index in [4.69, 9.17) is 9.47 Å². The molecule has 7 heteroatoms. The Morgan fingerprint density at radius 3 is 2.34 bits per heavy atom. The van der Waals surface area contributed by atoms with Gasteiger partial charge in [0.15, 0.2) is 0 Å². The molecule has 1 aliphatic carbocycles. The highest BCUT2D eigenvalue weighted by Gasteiger charge is 2.28. The second-order valence-corrected chi connectivity index (χ2v) is 7.29. The van der Waals surface area contributed by atoms with Crippen molar-refractivity contribution in [2.24, 2.45) is 0 Å². The third kappa shape index (κ3) is 4.32. The normalized spacial score (nSPS) is 12.3. The van der Waals surface area contributed by atoms with E-state index in [1.807, 2.05) is 24.3 Å². The molecule has 1 N–H and O–H groups in total. The number of hydrogen-bond donors (Lipinski definition) is 1. The van der Waals surface area contributed by atoms with Crippen molar-refractivity contribution in [1.29, 1.82) is 0 Å². The molecule has 3 aromatic rings. The Labute approximate surface area is 185 Å². The van der Waals surface area contributed by atoms with Gasteiger partial charge in [-0.2, -0.15) is 0 Å². The number of rotatable bonds is 7. The Kier molecular flexibility index (Phi) is 6.17. The summed E-state index contributed by atoms with van der Waals surface area (Å²) in [6, 6.07) is 20.9. The van der Waals surface area contributed by atoms with E-state index in [-0.39, 0.29) is 24.8 Å². The summed E-state index contributed by atoms with van der Waals surface area (Å²) in [5, 5.41) is 13.9. The Morgan fingerprint density at radius 1 is 1.06 bits per heavy atom. The molecule has 1 amide bonds. The van der Waals surface area contributed by atoms with Gasteiger partial charge in [0, 0.05) is 12.5 Å². The fourth-order valence-corrected chi connectivity index (χ4v) is 3.93. The number of carbonyl (C=O) groups excluding carboxylic acids is 1. The molecule has 0 fully saturated rings. The minimum atomic E-state index is -0.541. The van der Waals surface area contributed by atoms with E-state index in [2.05, 4.69) is 29.6 Å². The molecule has 32 heavy (non-hydrogen) atoms. The standard InChI is InChI=1S/C25H22N2O5/c1-31-18-13-12-17(24(15-18)27(29)30)7-6-14-26-25(28)32-16-23-21-10-4-2-8-19(21)20-9-3-5-11-22(20)23/h2-13,15,23H,14,16H2,1H3,(H,26,28). The molecule has 0 saturated carbocycles. The predicted molar refractivity (Wildman–Crippen MR) is 122 cm³/mol. The molecule has 4 rings (SSSR count). The van der Waals surface area contributed by atoms with Gasteiger partial charge in [0.2, 0.25) is 0 Å². The summed E-state index contributed by atoms with van der Waals surface area (Å²) in [6.07, 6.45) is 2.68. The van der Waals surface area contributed by atoms with Crippen LogP contribution in [0.15, 0.2) is 72.8 Å². The molecule has 0 atom stereocenters. The number of hydrogen-bond acceptors (Lipinski definition) is 5. The zero-order valence-corrected chi connectivity index (χ0v) is 17.5. The molecule has 162 valence electrons. The van der Waals surface area contributed by atoms with Crippen molar-refractivity contribution in [1.82, 2.24) is 5.32 Å². The fraction of sp³-hybridized carbons (Fsp3) is 0.160. The number of fused-ring (bicyclic) bond motifs is 3. The van der Waals surface area contributed by atoms with Gasteiger partial charge in [-0.3, -0.25) is 10.1 Å². The highest BCUT2D eigenvalue weighted by atomic mass is 16.6. The van der Waals surface area contributed by atoms with Gasteiger partial charge >= 0.3 is 6.09 Å². The lowest BCUT2D eigenvalue weighted by Crippen LogP contribution is -2.26. The van der Waals surface area contributed by atoms with Crippen LogP contribution in [-0.4, -0.2) is 31.3 Å². The quantitative estimate of drug-likeness (QED) is 0.413. The predicted octanol–water partition coefficient (Wildman–Crippen LogP) is 5.16. The number of nitrogens with one attached hydrogen (secondary N) is 1. The molecule has 0 radical (unpaired) electrons. The van der Waals surface area contributed by atoms with Crippen molar-refractivity contribution in [3.63, 3.8) is 0 Å². The van der Waals surface area contributed by atoms with Crippen LogP contribution in [0.1, 0.15) is 22.6 Å². The summed E-state index contributed by atoms with van der Waals surface area (Å²) in [6.45, 7) is 0.410. The molecule has 0 heterocycles. The molecule has 0 aromatic heterocycles. The Bertz CT molecular complexity index is 1140. The molecular weight excluding hydrogens is 408 g/mol. The fourth-order valence-electron chi connectivity index (χ4n) is 3.93. The molecule has 0 aliphatic heterocycles. The van der Waals surface area contributed by atoms with E-state index in [1.54, 1.807) is 24.3 Å². The number of benzene rings is 3. The van der Waals surface area contributed by atoms with Crippen LogP contribution in [0.3, 0.4) is 0 Å². The minimum Gasteiger partial charge on any atom is -0.497 e. The highest BCUT2D eigenvalue weighted by Crippen LogP contribution is 2.44. The third-order valence-electron chi connectivity index (χ3n) is 5.44. The first-order valence-electron chi connectivity index (χ1n) is 10.2. The zero-order chi connectivity index (χ0) is 22.5. The third-order valence-corrected chi connectivity index (χ3v) is 5.44. The lowest BCUT2D eigenvalue weighted by molar-refractivity contribution is -0.385. The maximum atomic E-state index is 12.2. The van der Waals surface area contributed by atoms with Gasteiger partial charge in [-0.15, -0.1) is 0 Å². The topological polar surface area (TPSA) is 90.7 Å². The number of nitro groups is 1. The van der Waals surface area contributed by atoms with Crippen molar-refractivity contribution in [3.8, 4) is 16.9 Å². The van der Waals surface area contributed by atoms with E-state index in [0.717, 1.165) is 11.1 Å². The number of methoxy groups -OCH3 is 1. The van der Waals surface area contributed by atoms with E-state index < -0.39 is 11.0 Å². The summed E-state index contributed by atoms with van der Waals surface area (Å²) >= 11 is 0. The first kappa shape index (κ1) is 21.1. The average Bonchev–Trinajstić information content (AvgIpc) is 3.14. The van der Waals surface area contributed by atoms with Crippen LogP contribution in [0.2, 0.25) is 0 Å². The van der Waals surface area contributed by atoms with Crippen LogP contribution >= 0.6 is 0 Å². The summed E-state index contributed by atoms with van der Waals surface area (Å²) < 4.78 is 10.5. The number of alkyl carbamates (subject to hydrolysis) is 1. The summed E-state index contributed by atoms with van der Waals surface area (Å²) in [7, 11) is 1.45. The summed E-state index contributed by atoms with van der Waals surface area (Å²) in [4.78, 5) is 23.0. The molecular formula is C25H22N2O5. The van der Waals surface area contributed by atoms with Crippen LogP contribution in [0, 0.1) is 10.1 Å². The highest BCUT2D eigenvalue weighted by molar-refractivity contribution is 5.79. The first-order valence-corrected chi connectivity index (χ1v) is 10.2. The van der Waals surface area contributed by atoms with Crippen LogP contribution in [0.4, 0.5) is 10.5 Å². The second-order valence-electron chi connectivity index (χ2n) is 7.29. The molecule has 0 spiro atoms. The largest absolute Gasteiger partial charge is 0.497 e. The molecule has 0 saturated heterocycles. The number of carbonyl (C=O) groups is 1. The van der Waals surface area contributed by atoms with Gasteiger partial charge in [-0.25, -0.2) is 4.79 Å². The van der Waals surface area contributed by atoms with Crippen molar-refractivity contribution >= 4 is 17.9 Å². The Balaban J connectivity index is 1.35. The van der Waals surface area contributed by atoms with Crippen molar-refractivity contribution < 1.29 is 19.2 Å². The van der Waals surface area contributed by atoms with Gasteiger partial charge in [0.1, 0.15) is 12.4 Å². The molecule has 7 nitrogen and oxygen atoms in total. The van der Waals surface area contributed by atoms with Gasteiger partial charge < -0.3 is 14.8 Å². The van der Waals surface area contributed by atoms with E-state index >= 15 is 0 Å². The van der Waals surface area contributed by atoms with Crippen molar-refractivity contribution in [3.05, 3.63) is 99.6 Å². The van der Waals surface area contributed by atoms with Crippen LogP contribution in [-0.2, 0) is 4.74 Å². The maximum Gasteiger partial charge on any atom is 0.407 e. The van der Waals surface area contributed by atoms with Gasteiger partial charge in [-0.1, -0.05) is 60.7 Å². The lowest BCUT2D eigenvalue weighted by Gasteiger charge is -2.14. The van der Waals surface area contributed by atoms with Gasteiger partial charge in [0.25, 0.3) is 5.69 Å². The number of nitrogens with zero attached hydrogens (tertiary/aromatic N) is 1. The molecule has 3 aromatic carbocycles. The van der Waals surface area contributed by atoms with Crippen molar-refractivity contribution in [2.45, 2.75) is 5.92 Å². The second kappa shape index (κ2) is 9.34. The van der Waals surface area contributed by atoms with Crippen LogP contribution < -0.4 is 10.1 Å². The zero-order valence-electron chi connectivity index (χ0n) is 17.5. The van der Waals surface area contributed by atoms with Crippen LogP contribution in [0.25, 0.3) is 17.2 Å². The average molecular weight is 430 g/mol. The van der Waals surface area contributed by atoms with Crippen LogP contribution in [0.5, 0.6) is 5.75 Å². The monoisotopic (exact) mass is 430 g/mol. The summed E-state index contributed by atoms with van der Waals surface area (Å²) in [5.74, 6) is 0.399. The lowest BCUT2D eigenvalue weighted by atomic mass is 9.98. The SMILES string of the molecule is COc1ccc(C=CCNC(=O)OCC2c3ccccc3-c3ccccc32)c([N+](=O)[O-])c1. The number of nitro benzene ring substituents is 1. The molecule has 0 bridgehead atoms. The smallest absolute Gasteiger partial charge is 0.407 e. The maximum absolute atomic E-state index is 12.2. The van der Waals surface area contributed by atoms with E-state index in [0.29, 0.717) is 11.3 Å². The van der Waals surface area contributed by atoms with E-state index in [9.17, 15) is 14.9 Å². The Hall–Kier alpha value is -4.13. The summed E-state index contributed by atoms with van der Waals surface area (Å²) in [5.41, 5.74) is 4.98. The number of amides is 1. The number of ether oxygens (including phenoxy) is 2. The van der Waals surface area contributed by atoms with Gasteiger partial charge in [0.05, 0.1) is 23.7 Å². The Morgan fingerprint density at radius 2 is 1.72 bits per heavy atom. The molecule has 1 aliphatic rings. The van der Waals surface area contributed by atoms with Gasteiger partial charge in [-0.05, 0) is 34.4 Å². The van der Waals surface area contributed by atoms with E-state index in [1.165, 1.54) is 24.3 Å². The molecule has 0 unspecified atom stereocenters. The van der Waals surface area contributed by atoms with Crippen molar-refractivity contribution in [2.75, 3.05) is 20.3 Å². The first-order chi connectivity index (χ1) is 15.6. The minimum absolute atomic E-state index is 0.00867.